The van der Waals surface area contributed by atoms with E-state index in [0.717, 1.165) is 18.7 Å². The highest BCUT2D eigenvalue weighted by atomic mass is 16.5. The van der Waals surface area contributed by atoms with Gasteiger partial charge < -0.3 is 4.74 Å². The smallest absolute Gasteiger partial charge is 0.123 e. The van der Waals surface area contributed by atoms with Crippen molar-refractivity contribution in [3.05, 3.63) is 65.2 Å². The summed E-state index contributed by atoms with van der Waals surface area (Å²) in [7, 11) is 3.93. The Hall–Kier alpha value is -1.80. The Kier molecular flexibility index (Phi) is 3.26. The van der Waals surface area contributed by atoms with Crippen molar-refractivity contribution in [2.75, 3.05) is 20.7 Å². The van der Waals surface area contributed by atoms with Crippen molar-refractivity contribution in [1.29, 1.82) is 0 Å². The van der Waals surface area contributed by atoms with Gasteiger partial charge in [-0.3, -0.25) is 4.90 Å². The Morgan fingerprint density at radius 3 is 2.47 bits per heavy atom. The molecule has 0 spiro atoms. The maximum atomic E-state index is 5.54. The van der Waals surface area contributed by atoms with Crippen LogP contribution in [-0.4, -0.2) is 25.6 Å². The first-order valence-electron chi connectivity index (χ1n) is 6.72. The first-order chi connectivity index (χ1) is 9.31. The van der Waals surface area contributed by atoms with Gasteiger partial charge in [-0.25, -0.2) is 0 Å². The van der Waals surface area contributed by atoms with Gasteiger partial charge in [0.2, 0.25) is 0 Å². The molecule has 0 aliphatic carbocycles. The molecule has 98 valence electrons. The van der Waals surface area contributed by atoms with Crippen molar-refractivity contribution in [3.8, 4) is 5.75 Å². The maximum absolute atomic E-state index is 5.54. The molecule has 2 aromatic carbocycles. The summed E-state index contributed by atoms with van der Waals surface area (Å²) in [5.41, 5.74) is 4.11. The van der Waals surface area contributed by atoms with Crippen LogP contribution in [0.5, 0.6) is 5.75 Å². The van der Waals surface area contributed by atoms with Crippen molar-refractivity contribution in [1.82, 2.24) is 4.90 Å². The van der Waals surface area contributed by atoms with E-state index in [1.54, 1.807) is 7.11 Å². The molecule has 2 heteroatoms. The van der Waals surface area contributed by atoms with E-state index in [4.69, 9.17) is 4.74 Å². The summed E-state index contributed by atoms with van der Waals surface area (Å²) in [5, 5.41) is 0. The van der Waals surface area contributed by atoms with Crippen LogP contribution < -0.4 is 4.74 Å². The van der Waals surface area contributed by atoms with Crippen LogP contribution >= 0.6 is 0 Å². The average Bonchev–Trinajstić information content (AvgIpc) is 2.47. The lowest BCUT2D eigenvalue weighted by Gasteiger charge is -2.35. The average molecular weight is 253 g/mol. The third-order valence-corrected chi connectivity index (χ3v) is 3.96. The standard InChI is InChI=1S/C17H19NO/c1-18-12-11-13-7-3-4-8-14(13)17(18)15-9-5-6-10-16(15)19-2/h3-10,17H,11-12H2,1-2H3. The van der Waals surface area contributed by atoms with E-state index in [-0.39, 0.29) is 0 Å². The summed E-state index contributed by atoms with van der Waals surface area (Å²) in [6.07, 6.45) is 1.12. The fourth-order valence-corrected chi connectivity index (χ4v) is 2.99. The number of para-hydroxylation sites is 1. The van der Waals surface area contributed by atoms with E-state index in [1.165, 1.54) is 16.7 Å². The van der Waals surface area contributed by atoms with Gasteiger partial charge in [0, 0.05) is 12.1 Å². The number of hydrogen-bond acceptors (Lipinski definition) is 2. The lowest BCUT2D eigenvalue weighted by atomic mass is 9.88. The second kappa shape index (κ2) is 5.06. The fraction of sp³-hybridized carbons (Fsp3) is 0.294. The molecule has 1 unspecified atom stereocenters. The number of rotatable bonds is 2. The molecule has 19 heavy (non-hydrogen) atoms. The van der Waals surface area contributed by atoms with Crippen LogP contribution in [0.1, 0.15) is 22.7 Å². The van der Waals surface area contributed by atoms with Crippen molar-refractivity contribution in [2.24, 2.45) is 0 Å². The topological polar surface area (TPSA) is 12.5 Å². The fourth-order valence-electron chi connectivity index (χ4n) is 2.99. The molecule has 0 aromatic heterocycles. The third-order valence-electron chi connectivity index (χ3n) is 3.96. The zero-order valence-electron chi connectivity index (χ0n) is 11.5. The molecule has 1 heterocycles. The first-order valence-corrected chi connectivity index (χ1v) is 6.72. The molecule has 0 bridgehead atoms. The minimum absolute atomic E-state index is 0.293. The van der Waals surface area contributed by atoms with Gasteiger partial charge in [-0.1, -0.05) is 42.5 Å². The number of benzene rings is 2. The molecular formula is C17H19NO. The number of fused-ring (bicyclic) bond motifs is 1. The largest absolute Gasteiger partial charge is 0.496 e. The van der Waals surface area contributed by atoms with E-state index >= 15 is 0 Å². The second-order valence-corrected chi connectivity index (χ2v) is 5.07. The number of hydrogen-bond donors (Lipinski definition) is 0. The summed E-state index contributed by atoms with van der Waals surface area (Å²) in [4.78, 5) is 2.40. The van der Waals surface area contributed by atoms with E-state index in [0.29, 0.717) is 6.04 Å². The normalized spacial score (nSPS) is 18.9. The zero-order chi connectivity index (χ0) is 13.2. The minimum Gasteiger partial charge on any atom is -0.496 e. The second-order valence-electron chi connectivity index (χ2n) is 5.07. The summed E-state index contributed by atoms with van der Waals surface area (Å²) in [5.74, 6) is 0.969. The van der Waals surface area contributed by atoms with Gasteiger partial charge in [-0.15, -0.1) is 0 Å². The summed E-state index contributed by atoms with van der Waals surface area (Å²) < 4.78 is 5.54. The highest BCUT2D eigenvalue weighted by molar-refractivity contribution is 5.45. The quantitative estimate of drug-likeness (QED) is 0.814. The zero-order valence-corrected chi connectivity index (χ0v) is 11.5. The number of nitrogens with zero attached hydrogens (tertiary/aromatic N) is 1. The van der Waals surface area contributed by atoms with Gasteiger partial charge in [0.05, 0.1) is 13.2 Å². The van der Waals surface area contributed by atoms with Gasteiger partial charge in [0.15, 0.2) is 0 Å². The molecule has 0 saturated carbocycles. The highest BCUT2D eigenvalue weighted by Crippen LogP contribution is 2.37. The van der Waals surface area contributed by atoms with Crippen LogP contribution in [0.25, 0.3) is 0 Å². The van der Waals surface area contributed by atoms with Crippen molar-refractivity contribution >= 4 is 0 Å². The third kappa shape index (κ3) is 2.13. The highest BCUT2D eigenvalue weighted by Gasteiger charge is 2.27. The molecule has 1 aliphatic heterocycles. The van der Waals surface area contributed by atoms with Crippen LogP contribution in [-0.2, 0) is 6.42 Å². The predicted octanol–water partition coefficient (Wildman–Crippen LogP) is 3.27. The number of methoxy groups -OCH3 is 1. The van der Waals surface area contributed by atoms with Crippen LogP contribution in [0, 0.1) is 0 Å². The lowest BCUT2D eigenvalue weighted by molar-refractivity contribution is 0.258. The molecule has 3 rings (SSSR count). The Morgan fingerprint density at radius 1 is 1.00 bits per heavy atom. The molecular weight excluding hydrogens is 234 g/mol. The van der Waals surface area contributed by atoms with E-state index in [1.807, 2.05) is 12.1 Å². The molecule has 0 fully saturated rings. The number of likely N-dealkylation sites (N-methyl/N-ethyl adjacent to an activating group) is 1. The lowest BCUT2D eigenvalue weighted by Crippen LogP contribution is -2.33. The summed E-state index contributed by atoms with van der Waals surface area (Å²) >= 11 is 0. The molecule has 1 atom stereocenters. The molecule has 0 N–H and O–H groups in total. The molecule has 0 amide bonds. The Morgan fingerprint density at radius 2 is 1.68 bits per heavy atom. The van der Waals surface area contributed by atoms with Crippen molar-refractivity contribution in [2.45, 2.75) is 12.5 Å². The van der Waals surface area contributed by atoms with Crippen molar-refractivity contribution in [3.63, 3.8) is 0 Å². The monoisotopic (exact) mass is 253 g/mol. The minimum atomic E-state index is 0.293. The van der Waals surface area contributed by atoms with Crippen LogP contribution in [0.4, 0.5) is 0 Å². The SMILES string of the molecule is COc1ccccc1C1c2ccccc2CCN1C. The van der Waals surface area contributed by atoms with Crippen LogP contribution in [0.3, 0.4) is 0 Å². The number of ether oxygens (including phenoxy) is 1. The maximum Gasteiger partial charge on any atom is 0.123 e. The molecule has 1 aliphatic rings. The summed E-state index contributed by atoms with van der Waals surface area (Å²) in [6, 6.07) is 17.3. The van der Waals surface area contributed by atoms with Crippen LogP contribution in [0.2, 0.25) is 0 Å². The first kappa shape index (κ1) is 12.2. The summed E-state index contributed by atoms with van der Waals surface area (Å²) in [6.45, 7) is 1.08. The van der Waals surface area contributed by atoms with E-state index < -0.39 is 0 Å². The van der Waals surface area contributed by atoms with E-state index in [2.05, 4.69) is 48.3 Å². The molecule has 2 nitrogen and oxygen atoms in total. The molecule has 0 radical (unpaired) electrons. The van der Waals surface area contributed by atoms with E-state index in [9.17, 15) is 0 Å². The Labute approximate surface area is 114 Å². The van der Waals surface area contributed by atoms with Gasteiger partial charge in [-0.2, -0.15) is 0 Å². The molecule has 0 saturated heterocycles. The molecule has 2 aromatic rings. The van der Waals surface area contributed by atoms with Gasteiger partial charge in [0.25, 0.3) is 0 Å². The van der Waals surface area contributed by atoms with Gasteiger partial charge >= 0.3 is 0 Å². The van der Waals surface area contributed by atoms with Gasteiger partial charge in [-0.05, 0) is 30.7 Å². The Bertz CT molecular complexity index is 579. The predicted molar refractivity (Wildman–Crippen MR) is 77.6 cm³/mol. The van der Waals surface area contributed by atoms with Crippen LogP contribution in [0.15, 0.2) is 48.5 Å². The Balaban J connectivity index is 2.13. The van der Waals surface area contributed by atoms with Crippen molar-refractivity contribution < 1.29 is 4.74 Å². The van der Waals surface area contributed by atoms with Gasteiger partial charge in [0.1, 0.15) is 5.75 Å².